The van der Waals surface area contributed by atoms with Gasteiger partial charge in [-0.15, -0.1) is 5.10 Å². The predicted octanol–water partition coefficient (Wildman–Crippen LogP) is 1.19. The molecule has 0 radical (unpaired) electrons. The maximum atomic E-state index is 12.3. The fourth-order valence-electron chi connectivity index (χ4n) is 2.36. The van der Waals surface area contributed by atoms with Crippen molar-refractivity contribution in [3.63, 3.8) is 0 Å². The second-order valence-electron chi connectivity index (χ2n) is 4.74. The molecule has 1 aliphatic rings. The summed E-state index contributed by atoms with van der Waals surface area (Å²) in [5.74, 6) is -0.834. The SMILES string of the molecule is COC(=O)c1ncn(C2CCc3ccccc3NC2=O)n1. The molecule has 7 nitrogen and oxygen atoms in total. The third kappa shape index (κ3) is 2.49. The monoisotopic (exact) mass is 286 g/mol. The first-order valence-corrected chi connectivity index (χ1v) is 6.57. The highest BCUT2D eigenvalue weighted by Crippen LogP contribution is 2.26. The van der Waals surface area contributed by atoms with Crippen molar-refractivity contribution in [1.82, 2.24) is 14.8 Å². The Labute approximate surface area is 120 Å². The van der Waals surface area contributed by atoms with Gasteiger partial charge in [-0.2, -0.15) is 0 Å². The van der Waals surface area contributed by atoms with Gasteiger partial charge in [-0.25, -0.2) is 14.5 Å². The lowest BCUT2D eigenvalue weighted by atomic mass is 10.1. The zero-order chi connectivity index (χ0) is 14.8. The largest absolute Gasteiger partial charge is 0.463 e. The number of para-hydroxylation sites is 1. The van der Waals surface area contributed by atoms with Crippen LogP contribution in [0.3, 0.4) is 0 Å². The maximum absolute atomic E-state index is 12.3. The van der Waals surface area contributed by atoms with Crippen molar-refractivity contribution >= 4 is 17.6 Å². The number of nitrogens with one attached hydrogen (secondary N) is 1. The fraction of sp³-hybridized carbons (Fsp3) is 0.286. The van der Waals surface area contributed by atoms with Crippen LogP contribution in [0, 0.1) is 0 Å². The molecule has 21 heavy (non-hydrogen) atoms. The van der Waals surface area contributed by atoms with Gasteiger partial charge in [0.2, 0.25) is 5.91 Å². The summed E-state index contributed by atoms with van der Waals surface area (Å²) in [6.45, 7) is 0. The third-order valence-corrected chi connectivity index (χ3v) is 3.46. The normalized spacial score (nSPS) is 17.6. The van der Waals surface area contributed by atoms with Crippen molar-refractivity contribution < 1.29 is 14.3 Å². The smallest absolute Gasteiger partial charge is 0.377 e. The zero-order valence-electron chi connectivity index (χ0n) is 11.4. The van der Waals surface area contributed by atoms with Gasteiger partial charge in [0, 0.05) is 5.69 Å². The van der Waals surface area contributed by atoms with E-state index in [0.29, 0.717) is 6.42 Å². The number of ether oxygens (including phenoxy) is 1. The number of hydrogen-bond acceptors (Lipinski definition) is 5. The lowest BCUT2D eigenvalue weighted by molar-refractivity contribution is -0.119. The summed E-state index contributed by atoms with van der Waals surface area (Å²) in [7, 11) is 1.26. The summed E-state index contributed by atoms with van der Waals surface area (Å²) in [6.07, 6.45) is 2.71. The fourth-order valence-corrected chi connectivity index (χ4v) is 2.36. The molecular formula is C14H14N4O3. The van der Waals surface area contributed by atoms with E-state index in [2.05, 4.69) is 20.1 Å². The molecule has 1 N–H and O–H groups in total. The minimum Gasteiger partial charge on any atom is -0.463 e. The Kier molecular flexibility index (Phi) is 3.39. The third-order valence-electron chi connectivity index (χ3n) is 3.46. The summed E-state index contributed by atoms with van der Waals surface area (Å²) < 4.78 is 5.97. The minimum atomic E-state index is -0.619. The Bertz CT molecular complexity index is 695. The molecule has 0 aliphatic carbocycles. The molecule has 1 aromatic heterocycles. The lowest BCUT2D eigenvalue weighted by Gasteiger charge is -2.12. The minimum absolute atomic E-state index is 0.0490. The van der Waals surface area contributed by atoms with E-state index in [-0.39, 0.29) is 11.7 Å². The molecule has 0 spiro atoms. The van der Waals surface area contributed by atoms with Crippen molar-refractivity contribution in [3.8, 4) is 0 Å². The number of carbonyl (C=O) groups is 2. The van der Waals surface area contributed by atoms with E-state index >= 15 is 0 Å². The van der Waals surface area contributed by atoms with Crippen LogP contribution < -0.4 is 5.32 Å². The van der Waals surface area contributed by atoms with E-state index in [1.165, 1.54) is 18.1 Å². The topological polar surface area (TPSA) is 86.1 Å². The second kappa shape index (κ2) is 5.35. The molecule has 1 atom stereocenters. The quantitative estimate of drug-likeness (QED) is 0.838. The molecule has 0 fully saturated rings. The Balaban J connectivity index is 1.86. The summed E-state index contributed by atoms with van der Waals surface area (Å²) in [4.78, 5) is 27.6. The average Bonchev–Trinajstić information content (AvgIpc) is 2.91. The van der Waals surface area contributed by atoms with E-state index in [0.717, 1.165) is 17.7 Å². The Morgan fingerprint density at radius 3 is 3.05 bits per heavy atom. The molecule has 3 rings (SSSR count). The highest BCUT2D eigenvalue weighted by molar-refractivity contribution is 5.95. The standard InChI is InChI=1S/C14H14N4O3/c1-21-14(20)12-15-8-18(17-12)11-7-6-9-4-2-3-5-10(9)16-13(11)19/h2-5,8,11H,6-7H2,1H3,(H,16,19). The van der Waals surface area contributed by atoms with Crippen molar-refractivity contribution in [2.75, 3.05) is 12.4 Å². The molecule has 1 aliphatic heterocycles. The molecule has 7 heteroatoms. The van der Waals surface area contributed by atoms with Crippen LogP contribution in [0.25, 0.3) is 0 Å². The van der Waals surface area contributed by atoms with Gasteiger partial charge in [0.1, 0.15) is 12.4 Å². The van der Waals surface area contributed by atoms with Crippen LogP contribution in [0.5, 0.6) is 0 Å². The number of esters is 1. The molecule has 0 saturated heterocycles. The van der Waals surface area contributed by atoms with Crippen LogP contribution >= 0.6 is 0 Å². The highest BCUT2D eigenvalue weighted by atomic mass is 16.5. The van der Waals surface area contributed by atoms with Gasteiger partial charge in [-0.1, -0.05) is 18.2 Å². The van der Waals surface area contributed by atoms with E-state index in [1.807, 2.05) is 24.3 Å². The van der Waals surface area contributed by atoms with Crippen molar-refractivity contribution in [3.05, 3.63) is 42.0 Å². The molecule has 0 saturated carbocycles. The van der Waals surface area contributed by atoms with Crippen LogP contribution in [0.4, 0.5) is 5.69 Å². The number of methoxy groups -OCH3 is 1. The lowest BCUT2D eigenvalue weighted by Crippen LogP contribution is -2.25. The van der Waals surface area contributed by atoms with Gasteiger partial charge in [0.15, 0.2) is 0 Å². The van der Waals surface area contributed by atoms with Crippen LogP contribution in [0.2, 0.25) is 0 Å². The number of nitrogens with zero attached hydrogens (tertiary/aromatic N) is 3. The Morgan fingerprint density at radius 1 is 1.43 bits per heavy atom. The summed E-state index contributed by atoms with van der Waals surface area (Å²) in [5, 5.41) is 6.91. The molecule has 2 aromatic rings. The van der Waals surface area contributed by atoms with Gasteiger partial charge >= 0.3 is 5.97 Å². The molecule has 108 valence electrons. The van der Waals surface area contributed by atoms with E-state index in [9.17, 15) is 9.59 Å². The number of carbonyl (C=O) groups excluding carboxylic acids is 2. The number of fused-ring (bicyclic) bond motifs is 1. The van der Waals surface area contributed by atoms with Gasteiger partial charge in [0.05, 0.1) is 7.11 Å². The average molecular weight is 286 g/mol. The number of amides is 1. The van der Waals surface area contributed by atoms with Crippen molar-refractivity contribution in [2.24, 2.45) is 0 Å². The summed E-state index contributed by atoms with van der Waals surface area (Å²) in [6, 6.07) is 7.18. The zero-order valence-corrected chi connectivity index (χ0v) is 11.4. The number of anilines is 1. The summed E-state index contributed by atoms with van der Waals surface area (Å²) >= 11 is 0. The van der Waals surface area contributed by atoms with Gasteiger partial charge in [0.25, 0.3) is 5.82 Å². The molecule has 0 bridgehead atoms. The van der Waals surface area contributed by atoms with E-state index in [4.69, 9.17) is 0 Å². The van der Waals surface area contributed by atoms with Gasteiger partial charge in [-0.05, 0) is 24.5 Å². The maximum Gasteiger partial charge on any atom is 0.377 e. The van der Waals surface area contributed by atoms with Gasteiger partial charge in [-0.3, -0.25) is 4.79 Å². The highest BCUT2D eigenvalue weighted by Gasteiger charge is 2.26. The molecule has 1 unspecified atom stereocenters. The first-order valence-electron chi connectivity index (χ1n) is 6.57. The number of hydrogen-bond donors (Lipinski definition) is 1. The molecule has 1 amide bonds. The van der Waals surface area contributed by atoms with E-state index in [1.54, 1.807) is 0 Å². The van der Waals surface area contributed by atoms with Gasteiger partial charge < -0.3 is 10.1 Å². The van der Waals surface area contributed by atoms with Crippen LogP contribution in [0.1, 0.15) is 28.6 Å². The first-order chi connectivity index (χ1) is 10.2. The molecule has 2 heterocycles. The molecular weight excluding hydrogens is 272 g/mol. The Hall–Kier alpha value is -2.70. The van der Waals surface area contributed by atoms with E-state index < -0.39 is 12.0 Å². The number of rotatable bonds is 2. The van der Waals surface area contributed by atoms with Crippen LogP contribution in [0.15, 0.2) is 30.6 Å². The molecule has 1 aromatic carbocycles. The summed E-state index contributed by atoms with van der Waals surface area (Å²) in [5.41, 5.74) is 1.90. The number of aryl methyl sites for hydroxylation is 1. The predicted molar refractivity (Wildman–Crippen MR) is 73.8 cm³/mol. The Morgan fingerprint density at radius 2 is 2.24 bits per heavy atom. The van der Waals surface area contributed by atoms with Crippen molar-refractivity contribution in [2.45, 2.75) is 18.9 Å². The van der Waals surface area contributed by atoms with Crippen LogP contribution in [-0.4, -0.2) is 33.8 Å². The van der Waals surface area contributed by atoms with Crippen LogP contribution in [-0.2, 0) is 16.0 Å². The van der Waals surface area contributed by atoms with Crippen molar-refractivity contribution in [1.29, 1.82) is 0 Å². The first kappa shape index (κ1) is 13.3. The second-order valence-corrected chi connectivity index (χ2v) is 4.74. The number of benzene rings is 1. The number of aromatic nitrogens is 3.